The summed E-state index contributed by atoms with van der Waals surface area (Å²) in [7, 11) is 0. The second-order valence-electron chi connectivity index (χ2n) is 15.6. The van der Waals surface area contributed by atoms with Crippen LogP contribution in [0.4, 0.5) is 10.2 Å². The minimum Gasteiger partial charge on any atom is -0.451 e. The van der Waals surface area contributed by atoms with Gasteiger partial charge >= 0.3 is 0 Å². The van der Waals surface area contributed by atoms with Gasteiger partial charge in [-0.05, 0) is 123 Å². The van der Waals surface area contributed by atoms with E-state index in [-0.39, 0.29) is 39.9 Å². The van der Waals surface area contributed by atoms with Crippen LogP contribution in [-0.2, 0) is 4.79 Å². The van der Waals surface area contributed by atoms with Crippen LogP contribution in [0.1, 0.15) is 95.8 Å². The van der Waals surface area contributed by atoms with Crippen LogP contribution in [0, 0.1) is 22.6 Å². The third-order valence-corrected chi connectivity index (χ3v) is 11.6. The van der Waals surface area contributed by atoms with Crippen LogP contribution in [0.5, 0.6) is 11.5 Å². The van der Waals surface area contributed by atoms with Crippen molar-refractivity contribution in [1.82, 2.24) is 25.1 Å². The van der Waals surface area contributed by atoms with E-state index in [1.807, 2.05) is 27.7 Å². The molecule has 2 saturated carbocycles. The van der Waals surface area contributed by atoms with Crippen molar-refractivity contribution in [1.29, 1.82) is 0 Å². The van der Waals surface area contributed by atoms with Gasteiger partial charge in [-0.2, -0.15) is 0 Å². The van der Waals surface area contributed by atoms with Crippen molar-refractivity contribution in [2.45, 2.75) is 103 Å². The van der Waals surface area contributed by atoms with Crippen molar-refractivity contribution in [3.63, 3.8) is 0 Å². The van der Waals surface area contributed by atoms with Gasteiger partial charge in [-0.25, -0.2) is 14.4 Å². The SMILES string of the molecule is CC(C)N(C(=O)c1cc(F)ccc1Oc1cncnc1N1CC2(CCN(CC3CCC4(CC3)CC3(CC3)C(=O)N4)CC2)C1)C(C)C. The molecule has 2 aliphatic carbocycles. The summed E-state index contributed by atoms with van der Waals surface area (Å²) >= 11 is 0. The Labute approximate surface area is 272 Å². The normalized spacial score (nSPS) is 26.5. The first-order valence-corrected chi connectivity index (χ1v) is 17.4. The van der Waals surface area contributed by atoms with E-state index in [1.165, 1.54) is 43.9 Å². The van der Waals surface area contributed by atoms with Gasteiger partial charge in [0, 0.05) is 42.7 Å². The van der Waals surface area contributed by atoms with Gasteiger partial charge in [0.05, 0.1) is 17.2 Å². The molecule has 1 aromatic carbocycles. The van der Waals surface area contributed by atoms with Gasteiger partial charge in [0.2, 0.25) is 5.91 Å². The quantitative estimate of drug-likeness (QED) is 0.394. The fourth-order valence-corrected chi connectivity index (χ4v) is 8.92. The minimum absolute atomic E-state index is 0.00910. The molecule has 46 heavy (non-hydrogen) atoms. The number of ether oxygens (including phenoxy) is 1. The number of carbonyl (C=O) groups excluding carboxylic acids is 2. The molecule has 2 aromatic rings. The van der Waals surface area contributed by atoms with Gasteiger partial charge in [0.15, 0.2) is 11.6 Å². The number of piperidine rings is 1. The van der Waals surface area contributed by atoms with Gasteiger partial charge in [-0.3, -0.25) is 9.59 Å². The van der Waals surface area contributed by atoms with Crippen molar-refractivity contribution in [3.8, 4) is 11.5 Å². The first kappa shape index (κ1) is 31.3. The molecule has 0 atom stereocenters. The van der Waals surface area contributed by atoms with Crippen LogP contribution < -0.4 is 15.0 Å². The van der Waals surface area contributed by atoms with Gasteiger partial charge in [-0.15, -0.1) is 0 Å². The molecule has 0 unspecified atom stereocenters. The van der Waals surface area contributed by atoms with Gasteiger partial charge in [-0.1, -0.05) is 0 Å². The number of nitrogens with one attached hydrogen (secondary N) is 1. The molecule has 5 aliphatic rings. The van der Waals surface area contributed by atoms with E-state index in [0.29, 0.717) is 23.2 Å². The number of benzene rings is 1. The molecule has 9 nitrogen and oxygen atoms in total. The predicted octanol–water partition coefficient (Wildman–Crippen LogP) is 5.80. The second kappa shape index (κ2) is 11.8. The number of hydrogen-bond acceptors (Lipinski definition) is 7. The summed E-state index contributed by atoms with van der Waals surface area (Å²) in [5.74, 6) is 1.78. The molecule has 5 fully saturated rings. The molecule has 0 radical (unpaired) electrons. The maximum atomic E-state index is 14.4. The van der Waals surface area contributed by atoms with Crippen LogP contribution in [0.3, 0.4) is 0 Å². The maximum Gasteiger partial charge on any atom is 0.258 e. The summed E-state index contributed by atoms with van der Waals surface area (Å²) in [5.41, 5.74) is 0.562. The Morgan fingerprint density at radius 1 is 1.04 bits per heavy atom. The fraction of sp³-hybridized carbons (Fsp3) is 0.667. The summed E-state index contributed by atoms with van der Waals surface area (Å²) in [4.78, 5) is 41.5. The molecule has 1 N–H and O–H groups in total. The number of likely N-dealkylation sites (tertiary alicyclic amines) is 1. The number of hydrogen-bond donors (Lipinski definition) is 1. The van der Waals surface area contributed by atoms with Crippen LogP contribution >= 0.6 is 0 Å². The molecule has 3 saturated heterocycles. The Morgan fingerprint density at radius 2 is 1.74 bits per heavy atom. The number of carbonyl (C=O) groups is 2. The number of anilines is 1. The monoisotopic (exact) mass is 632 g/mol. The van der Waals surface area contributed by atoms with E-state index in [4.69, 9.17) is 4.74 Å². The van der Waals surface area contributed by atoms with Crippen LogP contribution in [0.15, 0.2) is 30.7 Å². The highest BCUT2D eigenvalue weighted by Gasteiger charge is 2.61. The van der Waals surface area contributed by atoms with Crippen molar-refractivity contribution in [2.24, 2.45) is 16.7 Å². The van der Waals surface area contributed by atoms with E-state index in [1.54, 1.807) is 11.1 Å². The molecule has 2 amide bonds. The van der Waals surface area contributed by atoms with Crippen molar-refractivity contribution in [3.05, 3.63) is 42.1 Å². The number of rotatable bonds is 8. The molecule has 4 heterocycles. The van der Waals surface area contributed by atoms with Gasteiger partial charge < -0.3 is 24.8 Å². The van der Waals surface area contributed by atoms with Gasteiger partial charge in [0.25, 0.3) is 5.91 Å². The smallest absolute Gasteiger partial charge is 0.258 e. The molecular formula is C36H49FN6O3. The molecule has 7 rings (SSSR count). The molecule has 0 bridgehead atoms. The fourth-order valence-electron chi connectivity index (χ4n) is 8.92. The summed E-state index contributed by atoms with van der Waals surface area (Å²) in [5, 5.41) is 3.42. The third kappa shape index (κ3) is 5.86. The average molecular weight is 633 g/mol. The number of aromatic nitrogens is 2. The molecule has 3 aliphatic heterocycles. The van der Waals surface area contributed by atoms with E-state index in [2.05, 4.69) is 25.1 Å². The third-order valence-electron chi connectivity index (χ3n) is 11.6. The Balaban J connectivity index is 0.943. The zero-order valence-corrected chi connectivity index (χ0v) is 27.9. The van der Waals surface area contributed by atoms with E-state index in [0.717, 1.165) is 77.0 Å². The molecule has 10 heteroatoms. The Bertz CT molecular complexity index is 1460. The van der Waals surface area contributed by atoms with Gasteiger partial charge in [0.1, 0.15) is 17.9 Å². The predicted molar refractivity (Wildman–Crippen MR) is 174 cm³/mol. The van der Waals surface area contributed by atoms with Crippen molar-refractivity contribution < 1.29 is 18.7 Å². The zero-order valence-electron chi connectivity index (χ0n) is 27.9. The maximum absolute atomic E-state index is 14.4. The second-order valence-corrected chi connectivity index (χ2v) is 15.6. The first-order valence-electron chi connectivity index (χ1n) is 17.4. The number of halogens is 1. The largest absolute Gasteiger partial charge is 0.451 e. The highest BCUT2D eigenvalue weighted by Crippen LogP contribution is 2.58. The van der Waals surface area contributed by atoms with Crippen LogP contribution in [0.2, 0.25) is 0 Å². The molecule has 1 aromatic heterocycles. The lowest BCUT2D eigenvalue weighted by Gasteiger charge is -2.55. The summed E-state index contributed by atoms with van der Waals surface area (Å²) in [6.07, 6.45) is 13.5. The summed E-state index contributed by atoms with van der Waals surface area (Å²) in [6, 6.07) is 4.00. The highest BCUT2D eigenvalue weighted by atomic mass is 19.1. The lowest BCUT2D eigenvalue weighted by Crippen LogP contribution is -2.61. The van der Waals surface area contributed by atoms with Crippen LogP contribution in [0.25, 0.3) is 0 Å². The lowest BCUT2D eigenvalue weighted by atomic mass is 9.71. The summed E-state index contributed by atoms with van der Waals surface area (Å²) < 4.78 is 20.7. The Morgan fingerprint density at radius 3 is 2.37 bits per heavy atom. The highest BCUT2D eigenvalue weighted by molar-refractivity contribution is 5.97. The first-order chi connectivity index (χ1) is 22.0. The Hall–Kier alpha value is -3.27. The van der Waals surface area contributed by atoms with Crippen molar-refractivity contribution in [2.75, 3.05) is 37.6 Å². The van der Waals surface area contributed by atoms with Crippen LogP contribution in [-0.4, -0.2) is 81.9 Å². The topological polar surface area (TPSA) is 90.9 Å². The van der Waals surface area contributed by atoms with E-state index >= 15 is 0 Å². The Kier molecular flexibility index (Phi) is 8.01. The lowest BCUT2D eigenvalue weighted by molar-refractivity contribution is -0.124. The average Bonchev–Trinajstić information content (AvgIpc) is 3.73. The molecule has 248 valence electrons. The number of nitrogens with zero attached hydrogens (tertiary/aromatic N) is 5. The summed E-state index contributed by atoms with van der Waals surface area (Å²) in [6.45, 7) is 13.0. The molecule has 3 spiro atoms. The standard InChI is InChI=1S/C36H49FN6O3/c1-24(2)43(25(3)4)32(44)28-17-27(37)5-6-29(28)46-30-18-38-23-39-31(30)42-21-34(22-42)13-15-41(16-14-34)19-26-7-9-36(10-8-26)20-35(11-12-35)33(45)40-36/h5-6,17-18,23-26H,7-16,19-22H2,1-4H3,(H,40,45). The van der Waals surface area contributed by atoms with Crippen molar-refractivity contribution >= 4 is 17.6 Å². The molecular weight excluding hydrogens is 583 g/mol. The minimum atomic E-state index is -0.482. The van der Waals surface area contributed by atoms with E-state index in [9.17, 15) is 14.0 Å². The number of amides is 2. The van der Waals surface area contributed by atoms with E-state index < -0.39 is 5.82 Å². The zero-order chi connectivity index (χ0) is 32.3.